The van der Waals surface area contributed by atoms with Crippen LogP contribution in [0, 0.1) is 0 Å². The molecule has 0 aliphatic carbocycles. The van der Waals surface area contributed by atoms with E-state index in [0.29, 0.717) is 18.8 Å². The third kappa shape index (κ3) is 4.17. The summed E-state index contributed by atoms with van der Waals surface area (Å²) < 4.78 is 5.38. The Kier molecular flexibility index (Phi) is 5.78. The molecule has 1 fully saturated rings. The Bertz CT molecular complexity index is 755. The first-order valence-corrected chi connectivity index (χ1v) is 8.96. The zero-order valence-corrected chi connectivity index (χ0v) is 15.0. The molecule has 5 nitrogen and oxygen atoms in total. The Hall–Kier alpha value is -2.53. The molecular weight excluding hydrogens is 330 g/mol. The van der Waals surface area contributed by atoms with Crippen LogP contribution in [0.25, 0.3) is 0 Å². The number of carbonyl (C=O) groups is 1. The normalized spacial score (nSPS) is 16.2. The second kappa shape index (κ2) is 8.23. The summed E-state index contributed by atoms with van der Waals surface area (Å²) in [4.78, 5) is 14.7. The average molecular weight is 355 g/mol. The van der Waals surface area contributed by atoms with Crippen LogP contribution in [0.4, 0.5) is 0 Å². The van der Waals surface area contributed by atoms with Crippen LogP contribution in [0.2, 0.25) is 0 Å². The number of phenolic OH excluding ortho intramolecular Hbond substituents is 2. The van der Waals surface area contributed by atoms with E-state index in [9.17, 15) is 15.0 Å². The lowest BCUT2D eigenvalue weighted by molar-refractivity contribution is -0.133. The average Bonchev–Trinajstić information content (AvgIpc) is 2.66. The first-order valence-electron chi connectivity index (χ1n) is 8.96. The first kappa shape index (κ1) is 18.3. The van der Waals surface area contributed by atoms with E-state index >= 15 is 0 Å². The minimum atomic E-state index is -0.321. The van der Waals surface area contributed by atoms with Gasteiger partial charge in [0.2, 0.25) is 5.91 Å². The largest absolute Gasteiger partial charge is 0.508 e. The fraction of sp³-hybridized carbons (Fsp3) is 0.381. The highest BCUT2D eigenvalue weighted by Gasteiger charge is 2.27. The van der Waals surface area contributed by atoms with Gasteiger partial charge in [-0.2, -0.15) is 0 Å². The van der Waals surface area contributed by atoms with Gasteiger partial charge in [-0.1, -0.05) is 30.3 Å². The highest BCUT2D eigenvalue weighted by atomic mass is 16.5. The maximum Gasteiger partial charge on any atom is 0.223 e. The van der Waals surface area contributed by atoms with Crippen LogP contribution in [0.1, 0.15) is 36.3 Å². The van der Waals surface area contributed by atoms with Gasteiger partial charge in [-0.3, -0.25) is 4.79 Å². The van der Waals surface area contributed by atoms with Gasteiger partial charge in [0, 0.05) is 44.2 Å². The first-order chi connectivity index (χ1) is 12.6. The van der Waals surface area contributed by atoms with Crippen molar-refractivity contribution in [3.05, 3.63) is 59.7 Å². The number of hydrogen-bond acceptors (Lipinski definition) is 4. The van der Waals surface area contributed by atoms with Crippen molar-refractivity contribution >= 4 is 5.91 Å². The van der Waals surface area contributed by atoms with E-state index < -0.39 is 0 Å². The molecule has 5 heteroatoms. The summed E-state index contributed by atoms with van der Waals surface area (Å²) in [7, 11) is 1.84. The molecule has 2 aromatic rings. The van der Waals surface area contributed by atoms with Crippen molar-refractivity contribution in [1.82, 2.24) is 4.90 Å². The summed E-state index contributed by atoms with van der Waals surface area (Å²) in [5, 5.41) is 20.2. The number of benzene rings is 2. The number of phenols is 2. The van der Waals surface area contributed by atoms with Crippen LogP contribution in [0.3, 0.4) is 0 Å². The molecule has 0 aromatic heterocycles. The highest BCUT2D eigenvalue weighted by molar-refractivity contribution is 5.78. The maximum absolute atomic E-state index is 12.9. The zero-order chi connectivity index (χ0) is 18.5. The van der Waals surface area contributed by atoms with E-state index in [1.165, 1.54) is 0 Å². The molecule has 0 saturated carbocycles. The van der Waals surface area contributed by atoms with Gasteiger partial charge in [-0.25, -0.2) is 0 Å². The predicted molar refractivity (Wildman–Crippen MR) is 99.3 cm³/mol. The molecule has 0 spiro atoms. The van der Waals surface area contributed by atoms with Crippen molar-refractivity contribution < 1.29 is 19.7 Å². The van der Waals surface area contributed by atoms with Crippen LogP contribution < -0.4 is 0 Å². The third-order valence-corrected chi connectivity index (χ3v) is 5.10. The molecule has 3 rings (SSSR count). The second-order valence-corrected chi connectivity index (χ2v) is 6.76. The molecule has 1 aliphatic heterocycles. The summed E-state index contributed by atoms with van der Waals surface area (Å²) in [6.45, 7) is 1.36. The molecule has 1 amide bonds. The Morgan fingerprint density at radius 2 is 1.88 bits per heavy atom. The third-order valence-electron chi connectivity index (χ3n) is 5.10. The molecule has 1 heterocycles. The summed E-state index contributed by atoms with van der Waals surface area (Å²) >= 11 is 0. The minimum Gasteiger partial charge on any atom is -0.508 e. The highest BCUT2D eigenvalue weighted by Crippen LogP contribution is 2.35. The van der Waals surface area contributed by atoms with E-state index in [1.807, 2.05) is 25.2 Å². The topological polar surface area (TPSA) is 70.0 Å². The summed E-state index contributed by atoms with van der Waals surface area (Å²) in [5.41, 5.74) is 1.49. The van der Waals surface area contributed by atoms with Crippen molar-refractivity contribution in [3.63, 3.8) is 0 Å². The summed E-state index contributed by atoms with van der Waals surface area (Å²) in [6.07, 6.45) is 1.92. The molecule has 0 radical (unpaired) electrons. The number of rotatable bonds is 5. The van der Waals surface area contributed by atoms with Crippen LogP contribution in [-0.2, 0) is 9.53 Å². The standard InChI is InChI=1S/C21H25NO4/c1-22(16-9-11-26-12-10-16)21(25)14-19(15-5-4-6-17(23)13-15)18-7-2-3-8-20(18)24/h2-8,13,16,19,23-24H,9-12,14H2,1H3. The Labute approximate surface area is 153 Å². The molecule has 1 saturated heterocycles. The molecule has 1 unspecified atom stereocenters. The number of aromatic hydroxyl groups is 2. The summed E-state index contributed by atoms with van der Waals surface area (Å²) in [6, 6.07) is 14.1. The van der Waals surface area contributed by atoms with E-state index in [2.05, 4.69) is 0 Å². The monoisotopic (exact) mass is 355 g/mol. The number of amides is 1. The van der Waals surface area contributed by atoms with Crippen molar-refractivity contribution in [2.45, 2.75) is 31.2 Å². The van der Waals surface area contributed by atoms with Gasteiger partial charge in [-0.05, 0) is 36.6 Å². The van der Waals surface area contributed by atoms with Crippen molar-refractivity contribution in [3.8, 4) is 11.5 Å². The summed E-state index contributed by atoms with van der Waals surface area (Å²) in [5.74, 6) is 0.00195. The molecule has 0 bridgehead atoms. The molecule has 1 aliphatic rings. The van der Waals surface area contributed by atoms with E-state index in [-0.39, 0.29) is 35.8 Å². The lowest BCUT2D eigenvalue weighted by Gasteiger charge is -2.32. The molecular formula is C21H25NO4. The van der Waals surface area contributed by atoms with Crippen molar-refractivity contribution in [1.29, 1.82) is 0 Å². The maximum atomic E-state index is 12.9. The van der Waals surface area contributed by atoms with Gasteiger partial charge < -0.3 is 19.8 Å². The quantitative estimate of drug-likeness (QED) is 0.864. The number of carbonyl (C=O) groups excluding carboxylic acids is 1. The lowest BCUT2D eigenvalue weighted by Crippen LogP contribution is -2.41. The SMILES string of the molecule is CN(C(=O)CC(c1cccc(O)c1)c1ccccc1O)C1CCOCC1. The Morgan fingerprint density at radius 1 is 1.15 bits per heavy atom. The van der Waals surface area contributed by atoms with Crippen LogP contribution >= 0.6 is 0 Å². The van der Waals surface area contributed by atoms with Gasteiger partial charge in [0.25, 0.3) is 0 Å². The van der Waals surface area contributed by atoms with Gasteiger partial charge in [0.15, 0.2) is 0 Å². The van der Waals surface area contributed by atoms with E-state index in [1.54, 1.807) is 35.2 Å². The van der Waals surface area contributed by atoms with E-state index in [4.69, 9.17) is 4.74 Å². The zero-order valence-electron chi connectivity index (χ0n) is 15.0. The Morgan fingerprint density at radius 3 is 2.58 bits per heavy atom. The minimum absolute atomic E-state index is 0.0218. The molecule has 26 heavy (non-hydrogen) atoms. The fourth-order valence-corrected chi connectivity index (χ4v) is 3.53. The van der Waals surface area contributed by atoms with Crippen LogP contribution in [-0.4, -0.2) is 47.3 Å². The molecule has 2 aromatic carbocycles. The van der Waals surface area contributed by atoms with Crippen molar-refractivity contribution in [2.24, 2.45) is 0 Å². The predicted octanol–water partition coefficient (Wildman–Crippen LogP) is 3.26. The van der Waals surface area contributed by atoms with Crippen LogP contribution in [0.5, 0.6) is 11.5 Å². The van der Waals surface area contributed by atoms with E-state index in [0.717, 1.165) is 18.4 Å². The fourth-order valence-electron chi connectivity index (χ4n) is 3.53. The number of hydrogen-bond donors (Lipinski definition) is 2. The van der Waals surface area contributed by atoms with Gasteiger partial charge >= 0.3 is 0 Å². The second-order valence-electron chi connectivity index (χ2n) is 6.76. The van der Waals surface area contributed by atoms with Crippen LogP contribution in [0.15, 0.2) is 48.5 Å². The van der Waals surface area contributed by atoms with Gasteiger partial charge in [-0.15, -0.1) is 0 Å². The van der Waals surface area contributed by atoms with Crippen molar-refractivity contribution in [2.75, 3.05) is 20.3 Å². The smallest absolute Gasteiger partial charge is 0.223 e. The number of nitrogens with zero attached hydrogens (tertiary/aromatic N) is 1. The number of para-hydroxylation sites is 1. The van der Waals surface area contributed by atoms with Gasteiger partial charge in [0.1, 0.15) is 11.5 Å². The van der Waals surface area contributed by atoms with Gasteiger partial charge in [0.05, 0.1) is 0 Å². The molecule has 2 N–H and O–H groups in total. The number of ether oxygens (including phenoxy) is 1. The molecule has 138 valence electrons. The molecule has 1 atom stereocenters. The Balaban J connectivity index is 1.86. The lowest BCUT2D eigenvalue weighted by atomic mass is 9.87.